The molecule has 0 aliphatic carbocycles. The molecule has 1 aromatic rings. The van der Waals surface area contributed by atoms with Crippen LogP contribution in [0.5, 0.6) is 17.2 Å². The van der Waals surface area contributed by atoms with E-state index in [4.69, 9.17) is 18.5 Å². The smallest absolute Gasteiger partial charge is 0.454 e. The summed E-state index contributed by atoms with van der Waals surface area (Å²) < 4.78 is 32.7. The van der Waals surface area contributed by atoms with Crippen LogP contribution >= 0.6 is 7.82 Å². The zero-order valence-electron chi connectivity index (χ0n) is 11.7. The summed E-state index contributed by atoms with van der Waals surface area (Å²) in [5.41, 5.74) is 0. The quantitative estimate of drug-likeness (QED) is 0.636. The number of rotatable bonds is 6. The topological polar surface area (TPSA) is 74.2 Å². The number of fused-ring (bicyclic) bond motifs is 1. The molecule has 1 unspecified atom stereocenters. The van der Waals surface area contributed by atoms with Crippen LogP contribution in [-0.4, -0.2) is 50.5 Å². The van der Waals surface area contributed by atoms with Crippen LogP contribution in [0, 0.1) is 0 Å². The van der Waals surface area contributed by atoms with Crippen molar-refractivity contribution in [2.45, 2.75) is 0 Å². The summed E-state index contributed by atoms with van der Waals surface area (Å²) >= 11 is 0. The van der Waals surface area contributed by atoms with Gasteiger partial charge in [-0.1, -0.05) is 0 Å². The fourth-order valence-electron chi connectivity index (χ4n) is 1.52. The van der Waals surface area contributed by atoms with Crippen LogP contribution < -0.4 is 14.0 Å². The van der Waals surface area contributed by atoms with Crippen LogP contribution in [0.4, 0.5) is 0 Å². The van der Waals surface area contributed by atoms with Crippen LogP contribution in [-0.2, 0) is 9.09 Å². The van der Waals surface area contributed by atoms with E-state index in [2.05, 4.69) is 0 Å². The summed E-state index contributed by atoms with van der Waals surface area (Å²) in [6.07, 6.45) is 0. The van der Waals surface area contributed by atoms with Crippen molar-refractivity contribution in [3.8, 4) is 17.2 Å². The second-order valence-electron chi connectivity index (χ2n) is 5.42. The lowest BCUT2D eigenvalue weighted by Crippen LogP contribution is -2.37. The Bertz CT molecular complexity index is 527. The summed E-state index contributed by atoms with van der Waals surface area (Å²) in [6.45, 7) is 0.854. The Kier molecular flexibility index (Phi) is 4.25. The third-order valence-electron chi connectivity index (χ3n) is 2.58. The van der Waals surface area contributed by atoms with Crippen molar-refractivity contribution >= 4 is 7.82 Å². The highest BCUT2D eigenvalue weighted by Crippen LogP contribution is 2.46. The molecule has 2 rings (SSSR count). The number of benzene rings is 1. The average molecular weight is 304 g/mol. The molecule has 0 saturated heterocycles. The van der Waals surface area contributed by atoms with Crippen LogP contribution in [0.15, 0.2) is 18.2 Å². The Labute approximate surface area is 117 Å². The minimum atomic E-state index is -4.13. The lowest BCUT2D eigenvalue weighted by atomic mass is 10.3. The van der Waals surface area contributed by atoms with Crippen molar-refractivity contribution in [2.24, 2.45) is 0 Å². The van der Waals surface area contributed by atoms with Crippen molar-refractivity contribution in [1.82, 2.24) is 0 Å². The zero-order valence-corrected chi connectivity index (χ0v) is 12.6. The van der Waals surface area contributed by atoms with Gasteiger partial charge in [-0.05, 0) is 12.1 Å². The molecule has 0 amide bonds. The van der Waals surface area contributed by atoms with E-state index >= 15 is 0 Å². The van der Waals surface area contributed by atoms with Gasteiger partial charge in [0.1, 0.15) is 18.9 Å². The number of phosphoric acid groups is 1. The molecule has 1 aliphatic rings. The van der Waals surface area contributed by atoms with Gasteiger partial charge in [-0.15, -0.1) is 0 Å². The Morgan fingerprint density at radius 2 is 2.00 bits per heavy atom. The maximum atomic E-state index is 11.8. The van der Waals surface area contributed by atoms with E-state index in [9.17, 15) is 9.46 Å². The van der Waals surface area contributed by atoms with Gasteiger partial charge in [-0.2, -0.15) is 0 Å². The predicted molar refractivity (Wildman–Crippen MR) is 71.9 cm³/mol. The fourth-order valence-corrected chi connectivity index (χ4v) is 2.27. The normalized spacial score (nSPS) is 16.8. The number of phosphoric ester groups is 1. The van der Waals surface area contributed by atoms with Crippen molar-refractivity contribution in [2.75, 3.05) is 41.1 Å². The monoisotopic (exact) mass is 304 g/mol. The minimum absolute atomic E-state index is 0.127. The SMILES string of the molecule is C[N+](C)(C)CCOP(=O)(O)Oc1ccc2c(c1)OCO2. The maximum Gasteiger partial charge on any atom is 0.527 e. The van der Waals surface area contributed by atoms with Crippen LogP contribution in [0.3, 0.4) is 0 Å². The van der Waals surface area contributed by atoms with E-state index in [1.54, 1.807) is 6.07 Å². The summed E-state index contributed by atoms with van der Waals surface area (Å²) in [5, 5.41) is 0. The van der Waals surface area contributed by atoms with Gasteiger partial charge < -0.3 is 18.5 Å². The third-order valence-corrected chi connectivity index (χ3v) is 3.53. The summed E-state index contributed by atoms with van der Waals surface area (Å²) in [4.78, 5) is 9.65. The Balaban J connectivity index is 1.92. The van der Waals surface area contributed by atoms with Gasteiger partial charge in [0.2, 0.25) is 6.79 Å². The molecule has 112 valence electrons. The number of hydrogen-bond donors (Lipinski definition) is 1. The number of hydrogen-bond acceptors (Lipinski definition) is 5. The van der Waals surface area contributed by atoms with E-state index in [0.29, 0.717) is 22.5 Å². The standard InChI is InChI=1S/C12H18NO6P/c1-13(2,3)6-7-18-20(14,15)19-10-4-5-11-12(8-10)17-9-16-11/h4-5,8H,6-7,9H2,1-3H3/p+1. The fraction of sp³-hybridized carbons (Fsp3) is 0.500. The number of ether oxygens (including phenoxy) is 2. The highest BCUT2D eigenvalue weighted by atomic mass is 31.2. The first kappa shape index (κ1) is 15.1. The molecule has 1 aliphatic heterocycles. The van der Waals surface area contributed by atoms with Gasteiger partial charge in [0.15, 0.2) is 11.5 Å². The van der Waals surface area contributed by atoms with Crippen LogP contribution in [0.1, 0.15) is 0 Å². The first-order chi connectivity index (χ1) is 9.25. The van der Waals surface area contributed by atoms with Crippen molar-refractivity contribution in [3.05, 3.63) is 18.2 Å². The molecule has 1 N–H and O–H groups in total. The predicted octanol–water partition coefficient (Wildman–Crippen LogP) is 1.62. The van der Waals surface area contributed by atoms with Gasteiger partial charge in [0.25, 0.3) is 0 Å². The molecular weight excluding hydrogens is 285 g/mol. The number of likely N-dealkylation sites (N-methyl/N-ethyl adjacent to an activating group) is 1. The van der Waals surface area contributed by atoms with Gasteiger partial charge in [-0.3, -0.25) is 9.42 Å². The summed E-state index contributed by atoms with van der Waals surface area (Å²) in [6, 6.07) is 4.64. The molecule has 0 aromatic heterocycles. The van der Waals surface area contributed by atoms with Gasteiger partial charge in [-0.25, -0.2) is 4.57 Å². The largest absolute Gasteiger partial charge is 0.527 e. The molecule has 0 radical (unpaired) electrons. The molecule has 0 fully saturated rings. The molecule has 1 atom stereocenters. The van der Waals surface area contributed by atoms with E-state index in [1.165, 1.54) is 12.1 Å². The molecule has 0 spiro atoms. The van der Waals surface area contributed by atoms with Crippen LogP contribution in [0.25, 0.3) is 0 Å². The Morgan fingerprint density at radius 3 is 2.70 bits per heavy atom. The van der Waals surface area contributed by atoms with Gasteiger partial charge >= 0.3 is 7.82 Å². The van der Waals surface area contributed by atoms with Gasteiger partial charge in [0.05, 0.1) is 21.1 Å². The number of quaternary nitrogens is 1. The van der Waals surface area contributed by atoms with Crippen molar-refractivity contribution in [3.63, 3.8) is 0 Å². The third kappa shape index (κ3) is 4.38. The lowest BCUT2D eigenvalue weighted by Gasteiger charge is -2.24. The second-order valence-corrected chi connectivity index (χ2v) is 6.80. The molecule has 7 nitrogen and oxygen atoms in total. The van der Waals surface area contributed by atoms with Crippen molar-refractivity contribution < 1.29 is 32.5 Å². The van der Waals surface area contributed by atoms with Gasteiger partial charge in [0, 0.05) is 6.07 Å². The first-order valence-corrected chi connectivity index (χ1v) is 7.62. The molecular formula is C12H19NO6P+. The van der Waals surface area contributed by atoms with Crippen LogP contribution in [0.2, 0.25) is 0 Å². The molecule has 1 heterocycles. The maximum absolute atomic E-state index is 11.8. The Morgan fingerprint density at radius 1 is 1.30 bits per heavy atom. The van der Waals surface area contributed by atoms with E-state index in [1.807, 2.05) is 21.1 Å². The molecule has 0 saturated carbocycles. The Hall–Kier alpha value is -1.27. The lowest BCUT2D eigenvalue weighted by molar-refractivity contribution is -0.870. The number of nitrogens with zero attached hydrogens (tertiary/aromatic N) is 1. The molecule has 1 aromatic carbocycles. The summed E-state index contributed by atoms with van der Waals surface area (Å²) in [5.74, 6) is 1.26. The zero-order chi connectivity index (χ0) is 14.8. The van der Waals surface area contributed by atoms with E-state index < -0.39 is 7.82 Å². The van der Waals surface area contributed by atoms with E-state index in [-0.39, 0.29) is 19.1 Å². The second kappa shape index (κ2) is 5.61. The molecule has 8 heteroatoms. The summed E-state index contributed by atoms with van der Waals surface area (Å²) in [7, 11) is 1.76. The first-order valence-electron chi connectivity index (χ1n) is 6.12. The van der Waals surface area contributed by atoms with Crippen molar-refractivity contribution in [1.29, 1.82) is 0 Å². The van der Waals surface area contributed by atoms with E-state index in [0.717, 1.165) is 0 Å². The highest BCUT2D eigenvalue weighted by molar-refractivity contribution is 7.47. The molecule has 0 bridgehead atoms. The molecule has 20 heavy (non-hydrogen) atoms. The highest BCUT2D eigenvalue weighted by Gasteiger charge is 2.25. The minimum Gasteiger partial charge on any atom is -0.454 e. The average Bonchev–Trinajstić information content (AvgIpc) is 2.73.